The van der Waals surface area contributed by atoms with Crippen molar-refractivity contribution < 1.29 is 127 Å². The van der Waals surface area contributed by atoms with E-state index >= 15 is 0 Å². The molecule has 2 rings (SSSR count). The van der Waals surface area contributed by atoms with Gasteiger partial charge < -0.3 is 127 Å². The number of hydrogen-bond acceptors (Lipinski definition) is 25. The summed E-state index contributed by atoms with van der Waals surface area (Å²) in [5.41, 5.74) is -2.36. The minimum atomic E-state index is -1.75. The van der Waals surface area contributed by atoms with Gasteiger partial charge in [0, 0.05) is 0 Å². The van der Waals surface area contributed by atoms with Crippen LogP contribution < -0.4 is 0 Å². The maximum atomic E-state index is 10.3. The second-order valence-corrected chi connectivity index (χ2v) is 21.5. The second-order valence-electron chi connectivity index (χ2n) is 21.5. The van der Waals surface area contributed by atoms with Crippen LogP contribution in [0.1, 0.15) is 83.1 Å². The van der Waals surface area contributed by atoms with Gasteiger partial charge in [0.25, 0.3) is 0 Å². The van der Waals surface area contributed by atoms with Crippen molar-refractivity contribution in [1.82, 2.24) is 0 Å². The van der Waals surface area contributed by atoms with Crippen LogP contribution in [0.15, 0.2) is 0 Å². The zero-order chi connectivity index (χ0) is 54.4. The Bertz CT molecular complexity index is 1280. The lowest BCUT2D eigenvalue weighted by Gasteiger charge is -2.45. The fourth-order valence-electron chi connectivity index (χ4n) is 6.42. The Morgan fingerprint density at radius 2 is 0.691 bits per heavy atom. The summed E-state index contributed by atoms with van der Waals surface area (Å²) in [4.78, 5) is 0. The van der Waals surface area contributed by atoms with E-state index < -0.39 is 177 Å². The Morgan fingerprint density at radius 1 is 0.382 bits per heavy atom. The van der Waals surface area contributed by atoms with Gasteiger partial charge in [-0.2, -0.15) is 0 Å². The number of rotatable bonds is 16. The molecule has 0 saturated carbocycles. The average Bonchev–Trinajstić information content (AvgIpc) is 3.26. The van der Waals surface area contributed by atoms with Gasteiger partial charge in [-0.3, -0.25) is 0 Å². The molecular weight excluding hydrogens is 916 g/mol. The second kappa shape index (κ2) is 29.6. The summed E-state index contributed by atoms with van der Waals surface area (Å²) in [7, 11) is 0. The molecule has 22 N–H and O–H groups in total. The summed E-state index contributed by atoms with van der Waals surface area (Å²) in [6.07, 6.45) is -30.5. The van der Waals surface area contributed by atoms with Crippen molar-refractivity contribution in [2.75, 3.05) is 33.0 Å². The summed E-state index contributed by atoms with van der Waals surface area (Å²) in [6, 6.07) is 0. The fourth-order valence-corrected chi connectivity index (χ4v) is 6.42. The number of aliphatic hydroxyl groups is 22. The highest BCUT2D eigenvalue weighted by molar-refractivity contribution is 4.97. The van der Waals surface area contributed by atoms with E-state index in [-0.39, 0.29) is 12.0 Å². The number of aliphatic hydroxyl groups excluding tert-OH is 22. The molecule has 2 saturated heterocycles. The van der Waals surface area contributed by atoms with Gasteiger partial charge in [-0.05, 0) is 21.7 Å². The maximum absolute atomic E-state index is 10.3. The lowest BCUT2D eigenvalue weighted by atomic mass is 9.80. The summed E-state index contributed by atoms with van der Waals surface area (Å²) in [5.74, 6) is 0. The molecule has 0 radical (unpaired) electrons. The first kappa shape index (κ1) is 69.1. The Hall–Kier alpha value is -1.00. The third-order valence-electron chi connectivity index (χ3n) is 11.3. The van der Waals surface area contributed by atoms with E-state index in [9.17, 15) is 81.7 Å². The molecule has 0 aromatic rings. The fraction of sp³-hybridized carbons (Fsp3) is 1.00. The molecule has 0 bridgehead atoms. The molecule has 2 fully saturated rings. The first-order valence-corrected chi connectivity index (χ1v) is 22.2. The zero-order valence-electron chi connectivity index (χ0n) is 41.3. The first-order valence-electron chi connectivity index (χ1n) is 22.2. The third-order valence-corrected chi connectivity index (χ3v) is 11.3. The molecule has 0 aromatic carbocycles. The molecule has 0 amide bonds. The first-order chi connectivity index (χ1) is 30.7. The van der Waals surface area contributed by atoms with Crippen LogP contribution in [0.4, 0.5) is 0 Å². The molecule has 25 nitrogen and oxygen atoms in total. The molecule has 4 unspecified atom stereocenters. The van der Waals surface area contributed by atoms with E-state index in [2.05, 4.69) is 0 Å². The predicted molar refractivity (Wildman–Crippen MR) is 238 cm³/mol. The van der Waals surface area contributed by atoms with Gasteiger partial charge in [0.05, 0.1) is 57.5 Å². The molecule has 412 valence electrons. The van der Waals surface area contributed by atoms with E-state index in [0.29, 0.717) is 0 Å². The molecule has 2 aliphatic heterocycles. The molecule has 0 aliphatic carbocycles. The van der Waals surface area contributed by atoms with E-state index in [0.717, 1.165) is 0 Å². The van der Waals surface area contributed by atoms with Gasteiger partial charge in [-0.15, -0.1) is 0 Å². The van der Waals surface area contributed by atoms with Crippen LogP contribution in [-0.2, 0) is 14.2 Å². The van der Waals surface area contributed by atoms with E-state index in [1.54, 1.807) is 62.3 Å². The van der Waals surface area contributed by atoms with Crippen molar-refractivity contribution in [3.63, 3.8) is 0 Å². The maximum Gasteiger partial charge on any atom is 0.187 e. The lowest BCUT2D eigenvalue weighted by molar-refractivity contribution is -0.328. The van der Waals surface area contributed by atoms with E-state index in [1.165, 1.54) is 0 Å². The molecule has 2 aliphatic rings. The minimum Gasteiger partial charge on any atom is -0.394 e. The van der Waals surface area contributed by atoms with Gasteiger partial charge in [0.2, 0.25) is 0 Å². The van der Waals surface area contributed by atoms with Crippen molar-refractivity contribution in [2.45, 2.75) is 218 Å². The largest absolute Gasteiger partial charge is 0.394 e. The van der Waals surface area contributed by atoms with Crippen molar-refractivity contribution in [3.8, 4) is 0 Å². The quantitative estimate of drug-likeness (QED) is 0.0683. The van der Waals surface area contributed by atoms with Gasteiger partial charge in [-0.25, -0.2) is 0 Å². The summed E-state index contributed by atoms with van der Waals surface area (Å²) in [5, 5.41) is 208. The highest BCUT2D eigenvalue weighted by Crippen LogP contribution is 2.33. The van der Waals surface area contributed by atoms with Crippen LogP contribution in [0.25, 0.3) is 0 Å². The Labute approximate surface area is 398 Å². The van der Waals surface area contributed by atoms with Crippen LogP contribution in [0, 0.1) is 21.7 Å². The lowest BCUT2D eigenvalue weighted by Crippen LogP contribution is -2.62. The highest BCUT2D eigenvalue weighted by Gasteiger charge is 2.49. The van der Waals surface area contributed by atoms with Crippen LogP contribution in [0.2, 0.25) is 0 Å². The van der Waals surface area contributed by atoms with Crippen molar-refractivity contribution >= 4 is 0 Å². The normalized spacial score (nSPS) is 31.5. The zero-order valence-corrected chi connectivity index (χ0v) is 41.3. The molecule has 0 spiro atoms. The monoisotopic (exact) mass is 1010 g/mol. The molecule has 25 heteroatoms. The van der Waals surface area contributed by atoms with Gasteiger partial charge >= 0.3 is 0 Å². The standard InChI is InChI=1S/C15H30O10.C10H20O5.2C9H20O5/c1-15(2,3)13(23)11(22)12(6(18)4-16)25-14-10(21)9(20)8(19)7(5-17)24-14;1-10(2,3)9-8(14)7(13)6(12)5(4-11)15-9;2*1-9(2,3)8(14)7(13)6(12)5(11)4-10/h6-14,16-23H,4-5H2,1-3H3;5-9,11-14H,4H2,1-3H3;2*5-8,10-14H,4H2,1-3H3/t6-,7?,8+,9+,10?,11+,12-,13-,14+;5?,6-,7-,8?,9+;5-,6+,7+,8-;5-,6-,7+,8-/m1011/s1. The Morgan fingerprint density at radius 3 is 0.985 bits per heavy atom. The molecule has 2 heterocycles. The Balaban J connectivity index is 0. The van der Waals surface area contributed by atoms with Crippen LogP contribution in [0.3, 0.4) is 0 Å². The Kier molecular flexibility index (Phi) is 30.1. The van der Waals surface area contributed by atoms with E-state index in [4.69, 9.17) is 44.8 Å². The van der Waals surface area contributed by atoms with Crippen LogP contribution in [-0.4, -0.2) is 280 Å². The van der Waals surface area contributed by atoms with Gasteiger partial charge in [0.1, 0.15) is 104 Å². The van der Waals surface area contributed by atoms with E-state index in [1.807, 2.05) is 20.8 Å². The predicted octanol–water partition coefficient (Wildman–Crippen LogP) is -7.90. The van der Waals surface area contributed by atoms with Crippen LogP contribution >= 0.6 is 0 Å². The smallest absolute Gasteiger partial charge is 0.187 e. The molecular formula is C43H90O25. The molecule has 68 heavy (non-hydrogen) atoms. The summed E-state index contributed by atoms with van der Waals surface area (Å²) in [6.45, 7) is 17.5. The minimum absolute atomic E-state index is 0.367. The van der Waals surface area contributed by atoms with Gasteiger partial charge in [0.15, 0.2) is 6.29 Å². The number of ether oxygens (including phenoxy) is 3. The SMILES string of the molecule is CC(C)(C)[C@@H]1OC(CO)[C@H](O)[C@H](O)C1O.CC(C)(C)[C@H](O)[C@@H](O)[C@@H](O)[C@H](O)CO.CC(C)(C)[C@H](O)[C@@H](O)[C@H](O)[C@H](O)CO.CC(C)(C)[C@H](O)[C@@H](O)[C@H](O[C@@H]1OC(CO)[C@H](O)[C@H](O)C1O)[C@H](O)CO. The summed E-state index contributed by atoms with van der Waals surface area (Å²) >= 11 is 0. The summed E-state index contributed by atoms with van der Waals surface area (Å²) < 4.78 is 15.8. The van der Waals surface area contributed by atoms with Crippen molar-refractivity contribution in [2.24, 2.45) is 21.7 Å². The average molecular weight is 1010 g/mol. The third kappa shape index (κ3) is 20.9. The van der Waals surface area contributed by atoms with Gasteiger partial charge in [-0.1, -0.05) is 83.1 Å². The van der Waals surface area contributed by atoms with Crippen molar-refractivity contribution in [3.05, 3.63) is 0 Å². The highest BCUT2D eigenvalue weighted by atomic mass is 16.7. The topological polar surface area (TPSA) is 473 Å². The molecule has 0 aromatic heterocycles. The van der Waals surface area contributed by atoms with Crippen LogP contribution in [0.5, 0.6) is 0 Å². The number of hydrogen-bond donors (Lipinski definition) is 22. The molecule has 22 atom stereocenters. The van der Waals surface area contributed by atoms with Crippen molar-refractivity contribution in [1.29, 1.82) is 0 Å².